The molecule has 0 saturated carbocycles. The van der Waals surface area contributed by atoms with E-state index in [2.05, 4.69) is 107 Å². The van der Waals surface area contributed by atoms with Crippen LogP contribution in [0.25, 0.3) is 70.8 Å². The first-order chi connectivity index (χ1) is 18.8. The highest BCUT2D eigenvalue weighted by Crippen LogP contribution is 2.41. The lowest BCUT2D eigenvalue weighted by molar-refractivity contribution is 1.25. The van der Waals surface area contributed by atoms with Crippen molar-refractivity contribution < 1.29 is 0 Å². The molecule has 7 rings (SSSR count). The van der Waals surface area contributed by atoms with E-state index in [9.17, 15) is 0 Å². The van der Waals surface area contributed by atoms with E-state index >= 15 is 0 Å². The van der Waals surface area contributed by atoms with E-state index in [1.54, 1.807) is 18.3 Å². The van der Waals surface area contributed by atoms with Crippen LogP contribution in [0.3, 0.4) is 0 Å². The summed E-state index contributed by atoms with van der Waals surface area (Å²) in [6.45, 7) is 7.47. The Kier molecular flexibility index (Phi) is 5.17. The second-order valence-electron chi connectivity index (χ2n) is 9.32. The van der Waals surface area contributed by atoms with Crippen LogP contribution in [0.1, 0.15) is 0 Å². The molecule has 38 heavy (non-hydrogen) atoms. The molecular weight excluding hydrogens is 462 g/mol. The summed E-state index contributed by atoms with van der Waals surface area (Å²) in [5, 5.41) is 7.33. The third-order valence-electron chi connectivity index (χ3n) is 7.19. The largest absolute Gasteiger partial charge is 0.266 e. The van der Waals surface area contributed by atoms with Gasteiger partial charge in [-0.15, -0.1) is 0 Å². The minimum atomic E-state index is 0.504. The van der Waals surface area contributed by atoms with Crippen molar-refractivity contribution in [1.82, 2.24) is 9.97 Å². The predicted octanol–water partition coefficient (Wildman–Crippen LogP) is 9.49. The third kappa shape index (κ3) is 3.51. The fourth-order valence-corrected chi connectivity index (χ4v) is 5.42. The number of rotatable bonds is 3. The maximum atomic E-state index is 7.47. The molecule has 0 saturated heterocycles. The van der Waals surface area contributed by atoms with Crippen LogP contribution < -0.4 is 0 Å². The van der Waals surface area contributed by atoms with Crippen molar-refractivity contribution in [2.24, 2.45) is 0 Å². The quantitative estimate of drug-likeness (QED) is 0.185. The van der Waals surface area contributed by atoms with Gasteiger partial charge in [0.2, 0.25) is 5.69 Å². The molecule has 0 unspecified atom stereocenters. The van der Waals surface area contributed by atoms with Gasteiger partial charge in [-0.05, 0) is 67.2 Å². The number of aromatic nitrogens is 2. The molecule has 0 aliphatic carbocycles. The van der Waals surface area contributed by atoms with Gasteiger partial charge in [0.15, 0.2) is 0 Å². The maximum absolute atomic E-state index is 7.47. The van der Waals surface area contributed by atoms with Crippen molar-refractivity contribution in [3.8, 4) is 33.6 Å². The van der Waals surface area contributed by atoms with Crippen LogP contribution in [0.4, 0.5) is 5.69 Å². The molecule has 0 radical (unpaired) electrons. The van der Waals surface area contributed by atoms with E-state index in [0.717, 1.165) is 11.1 Å². The number of hydrogen-bond acceptors (Lipinski definition) is 2. The van der Waals surface area contributed by atoms with E-state index in [1.165, 1.54) is 43.4 Å². The Morgan fingerprint density at radius 3 is 1.71 bits per heavy atom. The first-order valence-corrected chi connectivity index (χ1v) is 12.5. The van der Waals surface area contributed by atoms with Crippen LogP contribution >= 0.6 is 0 Å². The maximum Gasteiger partial charge on any atom is 0.214 e. The monoisotopic (exact) mass is 483 g/mol. The summed E-state index contributed by atoms with van der Waals surface area (Å²) in [4.78, 5) is 12.7. The molecule has 0 spiro atoms. The zero-order valence-electron chi connectivity index (χ0n) is 20.5. The van der Waals surface area contributed by atoms with Crippen molar-refractivity contribution >= 4 is 38.0 Å². The molecule has 176 valence electrons. The van der Waals surface area contributed by atoms with Crippen LogP contribution in [0, 0.1) is 6.57 Å². The molecule has 0 bridgehead atoms. The Hall–Kier alpha value is -5.33. The second kappa shape index (κ2) is 8.96. The number of benzene rings is 5. The SMILES string of the molecule is [C-]#[N+]c1cccnc1-c1ccc(-c2cc3c4ccccc4c(-c4ccccc4)cc3c3ccccc23)cn1. The van der Waals surface area contributed by atoms with Crippen LogP contribution in [-0.2, 0) is 0 Å². The van der Waals surface area contributed by atoms with Crippen LogP contribution in [0.15, 0.2) is 128 Å². The fourth-order valence-electron chi connectivity index (χ4n) is 5.42. The summed E-state index contributed by atoms with van der Waals surface area (Å²) in [5.74, 6) is 0. The van der Waals surface area contributed by atoms with E-state index in [0.29, 0.717) is 17.1 Å². The van der Waals surface area contributed by atoms with Gasteiger partial charge < -0.3 is 0 Å². The molecule has 3 nitrogen and oxygen atoms in total. The molecule has 0 amide bonds. The topological polar surface area (TPSA) is 30.1 Å². The fraction of sp³-hybridized carbons (Fsp3) is 0. The van der Waals surface area contributed by atoms with Crippen LogP contribution in [-0.4, -0.2) is 9.97 Å². The van der Waals surface area contributed by atoms with Crippen molar-refractivity contribution in [3.63, 3.8) is 0 Å². The minimum absolute atomic E-state index is 0.504. The summed E-state index contributed by atoms with van der Waals surface area (Å²) in [7, 11) is 0. The molecule has 2 heterocycles. The summed E-state index contributed by atoms with van der Waals surface area (Å²) >= 11 is 0. The zero-order chi connectivity index (χ0) is 25.5. The normalized spacial score (nSPS) is 11.1. The van der Waals surface area contributed by atoms with Gasteiger partial charge in [0.1, 0.15) is 0 Å². The summed E-state index contributed by atoms with van der Waals surface area (Å²) in [6.07, 6.45) is 3.59. The van der Waals surface area contributed by atoms with E-state index < -0.39 is 0 Å². The Balaban J connectivity index is 1.49. The number of fused-ring (bicyclic) bond motifs is 5. The van der Waals surface area contributed by atoms with Gasteiger partial charge in [0.05, 0.1) is 18.0 Å². The molecule has 0 atom stereocenters. The number of hydrogen-bond donors (Lipinski definition) is 0. The highest BCUT2D eigenvalue weighted by atomic mass is 14.8. The molecule has 0 aliphatic heterocycles. The van der Waals surface area contributed by atoms with Gasteiger partial charge in [-0.3, -0.25) is 9.97 Å². The average Bonchev–Trinajstić information content (AvgIpc) is 3.00. The molecular formula is C35H21N3. The van der Waals surface area contributed by atoms with Crippen molar-refractivity contribution in [1.29, 1.82) is 0 Å². The second-order valence-corrected chi connectivity index (χ2v) is 9.32. The van der Waals surface area contributed by atoms with Gasteiger partial charge in [-0.1, -0.05) is 97.1 Å². The summed E-state index contributed by atoms with van der Waals surface area (Å²) in [5.41, 5.74) is 6.43. The van der Waals surface area contributed by atoms with Crippen molar-refractivity contribution in [2.75, 3.05) is 0 Å². The van der Waals surface area contributed by atoms with Crippen molar-refractivity contribution in [2.45, 2.75) is 0 Å². The number of nitrogens with zero attached hydrogens (tertiary/aromatic N) is 3. The lowest BCUT2D eigenvalue weighted by atomic mass is 9.88. The van der Waals surface area contributed by atoms with Gasteiger partial charge in [-0.2, -0.15) is 0 Å². The van der Waals surface area contributed by atoms with E-state index in [-0.39, 0.29) is 0 Å². The molecule has 3 heteroatoms. The van der Waals surface area contributed by atoms with Crippen LogP contribution in [0.5, 0.6) is 0 Å². The molecule has 0 fully saturated rings. The Morgan fingerprint density at radius 1 is 0.500 bits per heavy atom. The minimum Gasteiger partial charge on any atom is -0.266 e. The Labute approximate surface area is 220 Å². The predicted molar refractivity (Wildman–Crippen MR) is 157 cm³/mol. The Bertz CT molecular complexity index is 2020. The van der Waals surface area contributed by atoms with Gasteiger partial charge in [-0.25, -0.2) is 4.85 Å². The van der Waals surface area contributed by atoms with Crippen LogP contribution in [0.2, 0.25) is 0 Å². The highest BCUT2D eigenvalue weighted by Gasteiger charge is 2.15. The lowest BCUT2D eigenvalue weighted by Crippen LogP contribution is -1.91. The van der Waals surface area contributed by atoms with Crippen molar-refractivity contribution in [3.05, 3.63) is 139 Å². The highest BCUT2D eigenvalue weighted by molar-refractivity contribution is 6.23. The van der Waals surface area contributed by atoms with Gasteiger partial charge >= 0.3 is 0 Å². The molecule has 0 aliphatic rings. The smallest absolute Gasteiger partial charge is 0.214 e. The average molecular weight is 484 g/mol. The van der Waals surface area contributed by atoms with E-state index in [4.69, 9.17) is 11.6 Å². The third-order valence-corrected chi connectivity index (χ3v) is 7.19. The molecule has 5 aromatic carbocycles. The standard InChI is InChI=1S/C35H21N3/c1-36-33-16-9-19-37-35(33)34-18-17-24(22-38-34)30-21-32-27-14-7-5-12-25(27)29(23-10-3-2-4-11-23)20-31(32)28-15-8-6-13-26(28)30/h2-22H. The number of pyridine rings is 2. The molecule has 2 aromatic heterocycles. The lowest BCUT2D eigenvalue weighted by Gasteiger charge is -2.16. The van der Waals surface area contributed by atoms with Gasteiger partial charge in [0.25, 0.3) is 0 Å². The summed E-state index contributed by atoms with van der Waals surface area (Å²) < 4.78 is 0. The van der Waals surface area contributed by atoms with E-state index in [1.807, 2.05) is 12.3 Å². The Morgan fingerprint density at radius 2 is 1.11 bits per heavy atom. The summed E-state index contributed by atoms with van der Waals surface area (Å²) in [6, 6.07) is 40.1. The first kappa shape index (κ1) is 21.9. The first-order valence-electron chi connectivity index (χ1n) is 12.5. The zero-order valence-corrected chi connectivity index (χ0v) is 20.5. The van der Waals surface area contributed by atoms with Gasteiger partial charge in [0, 0.05) is 18.0 Å². The molecule has 0 N–H and O–H groups in total. The molecule has 7 aromatic rings.